The number of carbonyl (C=O) groups is 2. The summed E-state index contributed by atoms with van der Waals surface area (Å²) in [6.07, 6.45) is 1.28. The number of aldehydes is 1. The Kier molecular flexibility index (Phi) is 3.74. The predicted molar refractivity (Wildman–Crippen MR) is 68.3 cm³/mol. The molecule has 2 rings (SSSR count). The van der Waals surface area contributed by atoms with Crippen molar-refractivity contribution >= 4 is 23.6 Å². The molecule has 0 spiro atoms. The average molecular weight is 263 g/mol. The maximum absolute atomic E-state index is 11.5. The van der Waals surface area contributed by atoms with Gasteiger partial charge in [0.15, 0.2) is 0 Å². The number of nitrogens with one attached hydrogen (secondary N) is 1. The SMILES string of the molecule is O=Cc1ccc(N2CCCNC(=O)C2)c([N+](=O)[O-])c1. The molecule has 0 aliphatic carbocycles. The van der Waals surface area contributed by atoms with Crippen molar-refractivity contribution < 1.29 is 14.5 Å². The Morgan fingerprint density at radius 3 is 2.89 bits per heavy atom. The van der Waals surface area contributed by atoms with E-state index in [9.17, 15) is 19.7 Å². The molecule has 100 valence electrons. The number of nitro groups is 1. The Balaban J connectivity index is 2.39. The van der Waals surface area contributed by atoms with Crippen molar-refractivity contribution in [2.45, 2.75) is 6.42 Å². The molecule has 0 aromatic heterocycles. The van der Waals surface area contributed by atoms with Gasteiger partial charge in [0.25, 0.3) is 5.69 Å². The summed E-state index contributed by atoms with van der Waals surface area (Å²) >= 11 is 0. The Morgan fingerprint density at radius 2 is 2.21 bits per heavy atom. The number of nitrogens with zero attached hydrogens (tertiary/aromatic N) is 2. The highest BCUT2D eigenvalue weighted by molar-refractivity contribution is 5.84. The quantitative estimate of drug-likeness (QED) is 0.493. The fourth-order valence-corrected chi connectivity index (χ4v) is 2.04. The molecule has 1 heterocycles. The van der Waals surface area contributed by atoms with Gasteiger partial charge in [0, 0.05) is 24.7 Å². The number of amides is 1. The van der Waals surface area contributed by atoms with Gasteiger partial charge in [-0.3, -0.25) is 19.7 Å². The third kappa shape index (κ3) is 2.87. The summed E-state index contributed by atoms with van der Waals surface area (Å²) in [5.74, 6) is -0.161. The van der Waals surface area contributed by atoms with Crippen molar-refractivity contribution in [1.29, 1.82) is 0 Å². The number of benzene rings is 1. The lowest BCUT2D eigenvalue weighted by atomic mass is 10.1. The van der Waals surface area contributed by atoms with Crippen LogP contribution in [0.4, 0.5) is 11.4 Å². The topological polar surface area (TPSA) is 92.6 Å². The lowest BCUT2D eigenvalue weighted by molar-refractivity contribution is -0.384. The maximum Gasteiger partial charge on any atom is 0.293 e. The minimum absolute atomic E-state index is 0.0846. The van der Waals surface area contributed by atoms with Gasteiger partial charge in [0.05, 0.1) is 11.5 Å². The van der Waals surface area contributed by atoms with Crippen LogP contribution in [0.5, 0.6) is 0 Å². The van der Waals surface area contributed by atoms with Crippen LogP contribution in [0.2, 0.25) is 0 Å². The van der Waals surface area contributed by atoms with Crippen molar-refractivity contribution in [1.82, 2.24) is 5.32 Å². The van der Waals surface area contributed by atoms with E-state index in [2.05, 4.69) is 5.32 Å². The van der Waals surface area contributed by atoms with Crippen LogP contribution >= 0.6 is 0 Å². The molecule has 1 aromatic carbocycles. The second kappa shape index (κ2) is 5.47. The normalized spacial score (nSPS) is 15.6. The summed E-state index contributed by atoms with van der Waals surface area (Å²) in [7, 11) is 0. The minimum atomic E-state index is -0.537. The van der Waals surface area contributed by atoms with Crippen molar-refractivity contribution in [3.8, 4) is 0 Å². The number of rotatable bonds is 3. The summed E-state index contributed by atoms with van der Waals surface area (Å²) in [5, 5.41) is 13.8. The average Bonchev–Trinajstić information content (AvgIpc) is 2.62. The molecule has 1 aromatic rings. The molecule has 7 nitrogen and oxygen atoms in total. The zero-order valence-electron chi connectivity index (χ0n) is 10.2. The molecule has 1 aliphatic rings. The number of anilines is 1. The van der Waals surface area contributed by atoms with Crippen LogP contribution in [0.1, 0.15) is 16.8 Å². The van der Waals surface area contributed by atoms with Gasteiger partial charge in [-0.2, -0.15) is 0 Å². The molecule has 19 heavy (non-hydrogen) atoms. The largest absolute Gasteiger partial charge is 0.357 e. The zero-order chi connectivity index (χ0) is 13.8. The molecule has 0 unspecified atom stereocenters. The van der Waals surface area contributed by atoms with E-state index >= 15 is 0 Å². The maximum atomic E-state index is 11.5. The van der Waals surface area contributed by atoms with Crippen LogP contribution in [-0.4, -0.2) is 36.8 Å². The summed E-state index contributed by atoms with van der Waals surface area (Å²) in [6, 6.07) is 4.25. The van der Waals surface area contributed by atoms with E-state index in [0.29, 0.717) is 25.1 Å². The molecular weight excluding hydrogens is 250 g/mol. The summed E-state index contributed by atoms with van der Waals surface area (Å²) in [5.41, 5.74) is 0.460. The van der Waals surface area contributed by atoms with E-state index < -0.39 is 4.92 Å². The van der Waals surface area contributed by atoms with Gasteiger partial charge in [-0.1, -0.05) is 0 Å². The standard InChI is InChI=1S/C12H13N3O4/c16-8-9-2-3-10(11(6-9)15(18)19)14-5-1-4-13-12(17)7-14/h2-3,6,8H,1,4-5,7H2,(H,13,17). The highest BCUT2D eigenvalue weighted by atomic mass is 16.6. The summed E-state index contributed by atoms with van der Waals surface area (Å²) in [4.78, 5) is 34.4. The first-order chi connectivity index (χ1) is 9.11. The van der Waals surface area contributed by atoms with Crippen molar-refractivity contribution in [3.63, 3.8) is 0 Å². The van der Waals surface area contributed by atoms with Crippen LogP contribution < -0.4 is 10.2 Å². The van der Waals surface area contributed by atoms with E-state index in [4.69, 9.17) is 0 Å². The second-order valence-electron chi connectivity index (χ2n) is 4.25. The third-order valence-corrected chi connectivity index (χ3v) is 2.93. The summed E-state index contributed by atoms with van der Waals surface area (Å²) in [6.45, 7) is 1.21. The second-order valence-corrected chi connectivity index (χ2v) is 4.25. The molecule has 0 bridgehead atoms. The van der Waals surface area contributed by atoms with Gasteiger partial charge in [-0.25, -0.2) is 0 Å². The smallest absolute Gasteiger partial charge is 0.293 e. The molecule has 1 saturated heterocycles. The van der Waals surface area contributed by atoms with Gasteiger partial charge in [0.2, 0.25) is 5.91 Å². The van der Waals surface area contributed by atoms with E-state index in [1.165, 1.54) is 18.2 Å². The molecular formula is C12H13N3O4. The van der Waals surface area contributed by atoms with Gasteiger partial charge < -0.3 is 10.2 Å². The molecule has 1 aliphatic heterocycles. The molecule has 0 atom stereocenters. The molecule has 1 fully saturated rings. The Hall–Kier alpha value is -2.44. The fourth-order valence-electron chi connectivity index (χ4n) is 2.04. The Morgan fingerprint density at radius 1 is 1.42 bits per heavy atom. The highest BCUT2D eigenvalue weighted by Gasteiger charge is 2.23. The number of carbonyl (C=O) groups excluding carboxylic acids is 2. The number of hydrogen-bond acceptors (Lipinski definition) is 5. The first kappa shape index (κ1) is 13.0. The van der Waals surface area contributed by atoms with Crippen molar-refractivity contribution in [3.05, 3.63) is 33.9 Å². The summed E-state index contributed by atoms with van der Waals surface area (Å²) < 4.78 is 0. The van der Waals surface area contributed by atoms with E-state index in [1.807, 2.05) is 0 Å². The molecule has 7 heteroatoms. The van der Waals surface area contributed by atoms with Crippen LogP contribution in [-0.2, 0) is 4.79 Å². The van der Waals surface area contributed by atoms with Gasteiger partial charge in [0.1, 0.15) is 12.0 Å². The number of nitro benzene ring substituents is 1. The van der Waals surface area contributed by atoms with Crippen LogP contribution in [0.25, 0.3) is 0 Å². The third-order valence-electron chi connectivity index (χ3n) is 2.93. The molecule has 0 radical (unpaired) electrons. The number of hydrogen-bond donors (Lipinski definition) is 1. The lowest BCUT2D eigenvalue weighted by Crippen LogP contribution is -2.33. The van der Waals surface area contributed by atoms with E-state index in [-0.39, 0.29) is 23.7 Å². The Labute approximate surface area is 109 Å². The van der Waals surface area contributed by atoms with Crippen LogP contribution in [0.3, 0.4) is 0 Å². The van der Waals surface area contributed by atoms with E-state index in [0.717, 1.165) is 6.42 Å². The van der Waals surface area contributed by atoms with Gasteiger partial charge in [-0.05, 0) is 18.6 Å². The molecule has 0 saturated carbocycles. The lowest BCUT2D eigenvalue weighted by Gasteiger charge is -2.21. The van der Waals surface area contributed by atoms with Crippen LogP contribution in [0, 0.1) is 10.1 Å². The minimum Gasteiger partial charge on any atom is -0.357 e. The monoisotopic (exact) mass is 263 g/mol. The predicted octanol–water partition coefficient (Wildman–Crippen LogP) is 0.734. The molecule has 1 amide bonds. The fraction of sp³-hybridized carbons (Fsp3) is 0.333. The van der Waals surface area contributed by atoms with Crippen LogP contribution in [0.15, 0.2) is 18.2 Å². The van der Waals surface area contributed by atoms with Crippen molar-refractivity contribution in [2.75, 3.05) is 24.5 Å². The highest BCUT2D eigenvalue weighted by Crippen LogP contribution is 2.29. The van der Waals surface area contributed by atoms with Gasteiger partial charge >= 0.3 is 0 Å². The van der Waals surface area contributed by atoms with Crippen molar-refractivity contribution in [2.24, 2.45) is 0 Å². The zero-order valence-corrected chi connectivity index (χ0v) is 10.2. The van der Waals surface area contributed by atoms with E-state index in [1.54, 1.807) is 4.90 Å². The molecule has 1 N–H and O–H groups in total. The Bertz CT molecular complexity index is 530. The first-order valence-corrected chi connectivity index (χ1v) is 5.87. The van der Waals surface area contributed by atoms with Gasteiger partial charge in [-0.15, -0.1) is 0 Å². The first-order valence-electron chi connectivity index (χ1n) is 5.87.